The summed E-state index contributed by atoms with van der Waals surface area (Å²) in [6.07, 6.45) is 0.765. The van der Waals surface area contributed by atoms with Crippen LogP contribution in [0.25, 0.3) is 0 Å². The molecule has 0 amide bonds. The van der Waals surface area contributed by atoms with Crippen LogP contribution in [0.5, 0.6) is 11.5 Å². The van der Waals surface area contributed by atoms with Crippen LogP contribution in [0.3, 0.4) is 0 Å². The Hall–Kier alpha value is -2.18. The maximum Gasteiger partial charge on any atom is 0.191 e. The fraction of sp³-hybridized carbons (Fsp3) is 0.263. The molecule has 0 radical (unpaired) electrons. The highest BCUT2D eigenvalue weighted by molar-refractivity contribution is 7.98. The Bertz CT molecular complexity index is 915. The molecule has 1 aromatic heterocycles. The zero-order valence-corrected chi connectivity index (χ0v) is 15.9. The molecule has 0 saturated heterocycles. The molecule has 0 fully saturated rings. The van der Waals surface area contributed by atoms with Crippen molar-refractivity contribution in [3.63, 3.8) is 0 Å². The highest BCUT2D eigenvalue weighted by atomic mass is 35.5. The summed E-state index contributed by atoms with van der Waals surface area (Å²) in [5.41, 5.74) is 2.29. The van der Waals surface area contributed by atoms with E-state index in [1.54, 1.807) is 11.8 Å². The number of halogens is 1. The van der Waals surface area contributed by atoms with Gasteiger partial charge in [-0.15, -0.1) is 10.2 Å². The predicted octanol–water partition coefficient (Wildman–Crippen LogP) is 4.12. The minimum atomic E-state index is 0.532. The molecule has 7 heteroatoms. The number of thioether (sulfide) groups is 1. The first kappa shape index (κ1) is 17.2. The van der Waals surface area contributed by atoms with Crippen molar-refractivity contribution in [1.29, 1.82) is 0 Å². The van der Waals surface area contributed by atoms with Crippen LogP contribution >= 0.6 is 23.4 Å². The average molecular weight is 388 g/mol. The first-order valence-electron chi connectivity index (χ1n) is 8.34. The monoisotopic (exact) mass is 387 g/mol. The summed E-state index contributed by atoms with van der Waals surface area (Å²) in [5, 5.41) is 10.1. The Morgan fingerprint density at radius 2 is 1.88 bits per heavy atom. The summed E-state index contributed by atoms with van der Waals surface area (Å²) < 4.78 is 13.2. The van der Waals surface area contributed by atoms with Gasteiger partial charge < -0.3 is 14.0 Å². The lowest BCUT2D eigenvalue weighted by molar-refractivity contribution is 0.171. The number of hydrogen-bond acceptors (Lipinski definition) is 5. The third-order valence-electron chi connectivity index (χ3n) is 4.15. The van der Waals surface area contributed by atoms with Crippen LogP contribution in [0.15, 0.2) is 47.6 Å². The molecule has 0 unspecified atom stereocenters. The van der Waals surface area contributed by atoms with Gasteiger partial charge in [0.25, 0.3) is 0 Å². The zero-order chi connectivity index (χ0) is 17.9. The van der Waals surface area contributed by atoms with E-state index in [4.69, 9.17) is 21.1 Å². The lowest BCUT2D eigenvalue weighted by Crippen LogP contribution is -2.15. The van der Waals surface area contributed by atoms with Gasteiger partial charge in [-0.25, -0.2) is 0 Å². The fourth-order valence-corrected chi connectivity index (χ4v) is 3.95. The van der Waals surface area contributed by atoms with Gasteiger partial charge >= 0.3 is 0 Å². The number of rotatable bonds is 5. The van der Waals surface area contributed by atoms with Crippen LogP contribution in [0.1, 0.15) is 17.0 Å². The molecule has 3 aromatic rings. The molecule has 0 bridgehead atoms. The van der Waals surface area contributed by atoms with Crippen LogP contribution < -0.4 is 9.47 Å². The normalized spacial score (nSPS) is 13.0. The zero-order valence-electron chi connectivity index (χ0n) is 14.3. The molecule has 0 atom stereocenters. The van der Waals surface area contributed by atoms with Gasteiger partial charge in [-0.2, -0.15) is 0 Å². The van der Waals surface area contributed by atoms with Crippen molar-refractivity contribution in [2.75, 3.05) is 13.2 Å². The number of aromatic nitrogens is 3. The molecular weight excluding hydrogens is 370 g/mol. The molecule has 134 valence electrons. The molecular formula is C19H18ClN3O2S. The van der Waals surface area contributed by atoms with Gasteiger partial charge in [0, 0.05) is 19.2 Å². The number of fused-ring (bicyclic) bond motifs is 1. The Balaban J connectivity index is 1.46. The van der Waals surface area contributed by atoms with E-state index in [1.807, 2.05) is 41.9 Å². The van der Waals surface area contributed by atoms with E-state index >= 15 is 0 Å². The lowest BCUT2D eigenvalue weighted by Gasteiger charge is -2.20. The highest BCUT2D eigenvalue weighted by Crippen LogP contribution is 2.39. The maximum atomic E-state index is 6.31. The number of benzene rings is 2. The Labute approximate surface area is 161 Å². The Morgan fingerprint density at radius 3 is 2.73 bits per heavy atom. The smallest absolute Gasteiger partial charge is 0.191 e. The predicted molar refractivity (Wildman–Crippen MR) is 102 cm³/mol. The van der Waals surface area contributed by atoms with Gasteiger partial charge in [-0.3, -0.25) is 0 Å². The minimum Gasteiger partial charge on any atom is -0.486 e. The number of hydrogen-bond donors (Lipinski definition) is 0. The Kier molecular flexibility index (Phi) is 5.04. The van der Waals surface area contributed by atoms with E-state index in [-0.39, 0.29) is 0 Å². The Morgan fingerprint density at radius 1 is 1.08 bits per heavy atom. The molecule has 2 heterocycles. The highest BCUT2D eigenvalue weighted by Gasteiger charge is 2.17. The molecule has 1 aliphatic heterocycles. The molecule has 4 rings (SSSR count). The molecule has 26 heavy (non-hydrogen) atoms. The summed E-state index contributed by atoms with van der Waals surface area (Å²) in [5.74, 6) is 3.02. The van der Waals surface area contributed by atoms with Crippen molar-refractivity contribution in [2.24, 2.45) is 7.05 Å². The molecule has 2 aromatic carbocycles. The second-order valence-electron chi connectivity index (χ2n) is 6.01. The van der Waals surface area contributed by atoms with E-state index in [9.17, 15) is 0 Å². The van der Waals surface area contributed by atoms with Crippen molar-refractivity contribution < 1.29 is 9.47 Å². The van der Waals surface area contributed by atoms with E-state index in [2.05, 4.69) is 22.3 Å². The topological polar surface area (TPSA) is 49.2 Å². The molecule has 0 saturated carbocycles. The largest absolute Gasteiger partial charge is 0.486 e. The van der Waals surface area contributed by atoms with Gasteiger partial charge in [0.15, 0.2) is 16.7 Å². The summed E-state index contributed by atoms with van der Waals surface area (Å²) in [7, 11) is 2.00. The van der Waals surface area contributed by atoms with Gasteiger partial charge in [0.05, 0.1) is 5.02 Å². The molecule has 0 aliphatic carbocycles. The third-order valence-corrected chi connectivity index (χ3v) is 5.53. The minimum absolute atomic E-state index is 0.532. The van der Waals surface area contributed by atoms with Crippen molar-refractivity contribution in [3.05, 3.63) is 64.4 Å². The fourth-order valence-electron chi connectivity index (χ4n) is 2.80. The third kappa shape index (κ3) is 3.66. The van der Waals surface area contributed by atoms with Crippen molar-refractivity contribution in [1.82, 2.24) is 14.8 Å². The molecule has 0 N–H and O–H groups in total. The van der Waals surface area contributed by atoms with Crippen LogP contribution in [-0.2, 0) is 19.2 Å². The first-order chi connectivity index (χ1) is 12.7. The van der Waals surface area contributed by atoms with Gasteiger partial charge in [0.1, 0.15) is 19.0 Å². The van der Waals surface area contributed by atoms with Gasteiger partial charge in [-0.05, 0) is 23.3 Å². The first-order valence-corrected chi connectivity index (χ1v) is 9.70. The van der Waals surface area contributed by atoms with Crippen molar-refractivity contribution in [2.45, 2.75) is 17.3 Å². The van der Waals surface area contributed by atoms with E-state index in [1.165, 1.54) is 5.56 Å². The average Bonchev–Trinajstić information content (AvgIpc) is 3.01. The number of ether oxygens (including phenoxy) is 2. The van der Waals surface area contributed by atoms with Crippen LogP contribution in [-0.4, -0.2) is 28.0 Å². The second kappa shape index (κ2) is 7.60. The van der Waals surface area contributed by atoms with E-state index in [0.717, 1.165) is 28.7 Å². The standard InChI is InChI=1S/C19H18ClN3O2S/c1-23-17(11-13-5-3-2-4-6-13)21-22-19(23)26-12-14-9-15(20)18-16(10-14)24-7-8-25-18/h2-6,9-10H,7-8,11-12H2,1H3. The quantitative estimate of drug-likeness (QED) is 0.616. The maximum absolute atomic E-state index is 6.31. The van der Waals surface area contributed by atoms with Gasteiger partial charge in [0.2, 0.25) is 0 Å². The summed E-state index contributed by atoms with van der Waals surface area (Å²) in [6, 6.07) is 14.2. The van der Waals surface area contributed by atoms with Crippen LogP contribution in [0.2, 0.25) is 5.02 Å². The van der Waals surface area contributed by atoms with Crippen molar-refractivity contribution in [3.8, 4) is 11.5 Å². The van der Waals surface area contributed by atoms with E-state index < -0.39 is 0 Å². The van der Waals surface area contributed by atoms with Crippen molar-refractivity contribution >= 4 is 23.4 Å². The SMILES string of the molecule is Cn1c(Cc2ccccc2)nnc1SCc1cc(Cl)c2c(c1)OCCO2. The summed E-state index contributed by atoms with van der Waals surface area (Å²) in [6.45, 7) is 1.08. The second-order valence-corrected chi connectivity index (χ2v) is 7.36. The lowest BCUT2D eigenvalue weighted by atomic mass is 10.1. The molecule has 5 nitrogen and oxygen atoms in total. The van der Waals surface area contributed by atoms with Crippen LogP contribution in [0.4, 0.5) is 0 Å². The van der Waals surface area contributed by atoms with Crippen LogP contribution in [0, 0.1) is 0 Å². The number of nitrogens with zero attached hydrogens (tertiary/aromatic N) is 3. The summed E-state index contributed by atoms with van der Waals surface area (Å²) in [4.78, 5) is 0. The van der Waals surface area contributed by atoms with Gasteiger partial charge in [-0.1, -0.05) is 53.7 Å². The summed E-state index contributed by atoms with van der Waals surface area (Å²) >= 11 is 7.93. The van der Waals surface area contributed by atoms with E-state index in [0.29, 0.717) is 29.7 Å². The molecule has 0 spiro atoms. The molecule has 1 aliphatic rings.